The van der Waals surface area contributed by atoms with Gasteiger partial charge in [0.15, 0.2) is 0 Å². The predicted molar refractivity (Wildman–Crippen MR) is 119 cm³/mol. The number of nitrogens with zero attached hydrogens (tertiary/aromatic N) is 1. The van der Waals surface area contributed by atoms with E-state index in [1.807, 2.05) is 0 Å². The van der Waals surface area contributed by atoms with E-state index in [1.54, 1.807) is 49.9 Å². The van der Waals surface area contributed by atoms with Gasteiger partial charge in [0.2, 0.25) is 0 Å². The Morgan fingerprint density at radius 2 is 1.66 bits per heavy atom. The summed E-state index contributed by atoms with van der Waals surface area (Å²) >= 11 is 0. The summed E-state index contributed by atoms with van der Waals surface area (Å²) in [5.41, 5.74) is 0.728. The summed E-state index contributed by atoms with van der Waals surface area (Å²) < 4.78 is 18.3. The fourth-order valence-electron chi connectivity index (χ4n) is 3.43. The number of piperidine rings is 1. The monoisotopic (exact) mass is 441 g/mol. The average molecular weight is 442 g/mol. The first kappa shape index (κ1) is 23.2. The van der Waals surface area contributed by atoms with Gasteiger partial charge >= 0.3 is 6.09 Å². The number of hydrogen-bond donors (Lipinski definition) is 2. The molecule has 1 saturated heterocycles. The minimum Gasteiger partial charge on any atom is -0.444 e. The molecule has 1 heterocycles. The fraction of sp³-hybridized carbons (Fsp3) is 0.375. The number of amides is 3. The maximum Gasteiger partial charge on any atom is 0.412 e. The van der Waals surface area contributed by atoms with Crippen LogP contribution in [-0.4, -0.2) is 47.5 Å². The SMILES string of the molecule is CC(C)(C)OC(=O)Nc1cccc(C(=O)N2CCC(NC(=O)c3ccc(F)cc3)CC2)c1. The van der Waals surface area contributed by atoms with Gasteiger partial charge in [0.1, 0.15) is 11.4 Å². The van der Waals surface area contributed by atoms with E-state index in [0.717, 1.165) is 0 Å². The molecule has 0 radical (unpaired) electrons. The number of nitrogens with one attached hydrogen (secondary N) is 2. The molecule has 0 bridgehead atoms. The summed E-state index contributed by atoms with van der Waals surface area (Å²) in [4.78, 5) is 38.9. The molecular formula is C24H28FN3O4. The number of hydrogen-bond acceptors (Lipinski definition) is 4. The number of carbonyl (C=O) groups is 3. The van der Waals surface area contributed by atoms with Gasteiger partial charge in [-0.1, -0.05) is 6.07 Å². The zero-order chi connectivity index (χ0) is 23.3. The average Bonchev–Trinajstić information content (AvgIpc) is 2.73. The molecule has 1 fully saturated rings. The van der Waals surface area contributed by atoms with Crippen LogP contribution in [0.3, 0.4) is 0 Å². The summed E-state index contributed by atoms with van der Waals surface area (Å²) in [6, 6.07) is 12.1. The van der Waals surface area contributed by atoms with Gasteiger partial charge in [-0.25, -0.2) is 9.18 Å². The van der Waals surface area contributed by atoms with Crippen molar-refractivity contribution in [3.63, 3.8) is 0 Å². The van der Waals surface area contributed by atoms with Crippen molar-refractivity contribution in [2.75, 3.05) is 18.4 Å². The maximum absolute atomic E-state index is 13.0. The Hall–Kier alpha value is -3.42. The molecule has 2 N–H and O–H groups in total. The van der Waals surface area contributed by atoms with Gasteiger partial charge in [-0.3, -0.25) is 14.9 Å². The number of halogens is 1. The van der Waals surface area contributed by atoms with Gasteiger partial charge in [0, 0.05) is 35.9 Å². The number of carbonyl (C=O) groups excluding carboxylic acids is 3. The minimum atomic E-state index is -0.617. The number of anilines is 1. The minimum absolute atomic E-state index is 0.0585. The Morgan fingerprint density at radius 1 is 1.00 bits per heavy atom. The van der Waals surface area contributed by atoms with Gasteiger partial charge in [0.05, 0.1) is 0 Å². The Kier molecular flexibility index (Phi) is 7.12. The molecule has 0 spiro atoms. The molecule has 32 heavy (non-hydrogen) atoms. The summed E-state index contributed by atoms with van der Waals surface area (Å²) in [7, 11) is 0. The van der Waals surface area contributed by atoms with Crippen molar-refractivity contribution in [2.24, 2.45) is 0 Å². The van der Waals surface area contributed by atoms with E-state index < -0.39 is 17.5 Å². The highest BCUT2D eigenvalue weighted by Gasteiger charge is 2.25. The third-order valence-corrected chi connectivity index (χ3v) is 4.98. The lowest BCUT2D eigenvalue weighted by molar-refractivity contribution is 0.0632. The first-order chi connectivity index (χ1) is 15.1. The van der Waals surface area contributed by atoms with Gasteiger partial charge in [-0.15, -0.1) is 0 Å². The number of likely N-dealkylation sites (tertiary alicyclic amines) is 1. The molecule has 0 atom stereocenters. The Bertz CT molecular complexity index is 977. The topological polar surface area (TPSA) is 87.7 Å². The van der Waals surface area contributed by atoms with Gasteiger partial charge in [0.25, 0.3) is 11.8 Å². The largest absolute Gasteiger partial charge is 0.444 e. The lowest BCUT2D eigenvalue weighted by atomic mass is 10.0. The van der Waals surface area contributed by atoms with E-state index in [4.69, 9.17) is 4.74 Å². The Balaban J connectivity index is 1.53. The maximum atomic E-state index is 13.0. The lowest BCUT2D eigenvalue weighted by Crippen LogP contribution is -2.46. The fourth-order valence-corrected chi connectivity index (χ4v) is 3.43. The molecule has 0 saturated carbocycles. The van der Waals surface area contributed by atoms with Crippen LogP contribution in [-0.2, 0) is 4.74 Å². The van der Waals surface area contributed by atoms with Crippen molar-refractivity contribution in [3.05, 3.63) is 65.5 Å². The van der Waals surface area contributed by atoms with Crippen molar-refractivity contribution < 1.29 is 23.5 Å². The molecule has 2 aromatic carbocycles. The van der Waals surface area contributed by atoms with Crippen LogP contribution in [0, 0.1) is 5.82 Å². The van der Waals surface area contributed by atoms with Crippen molar-refractivity contribution in [1.82, 2.24) is 10.2 Å². The van der Waals surface area contributed by atoms with E-state index in [0.29, 0.717) is 42.7 Å². The number of benzene rings is 2. The van der Waals surface area contributed by atoms with E-state index in [-0.39, 0.29) is 17.9 Å². The van der Waals surface area contributed by atoms with E-state index in [2.05, 4.69) is 10.6 Å². The van der Waals surface area contributed by atoms with Crippen LogP contribution in [0.4, 0.5) is 14.9 Å². The first-order valence-electron chi connectivity index (χ1n) is 10.6. The van der Waals surface area contributed by atoms with Crippen LogP contribution in [0.15, 0.2) is 48.5 Å². The quantitative estimate of drug-likeness (QED) is 0.744. The van der Waals surface area contributed by atoms with Gasteiger partial charge < -0.3 is 15.0 Å². The van der Waals surface area contributed by atoms with Crippen molar-refractivity contribution >= 4 is 23.6 Å². The zero-order valence-corrected chi connectivity index (χ0v) is 18.5. The molecule has 1 aliphatic heterocycles. The second-order valence-corrected chi connectivity index (χ2v) is 8.75. The molecule has 170 valence electrons. The molecular weight excluding hydrogens is 413 g/mol. The van der Waals surface area contributed by atoms with Crippen molar-refractivity contribution in [2.45, 2.75) is 45.3 Å². The first-order valence-corrected chi connectivity index (χ1v) is 10.6. The molecule has 1 aliphatic rings. The highest BCUT2D eigenvalue weighted by molar-refractivity contribution is 5.96. The standard InChI is InChI=1S/C24H28FN3O4/c1-24(2,3)32-23(31)27-20-6-4-5-17(15-20)22(30)28-13-11-19(12-14-28)26-21(29)16-7-9-18(25)10-8-16/h4-10,15,19H,11-14H2,1-3H3,(H,26,29)(H,27,31). The molecule has 3 rings (SSSR count). The summed E-state index contributed by atoms with van der Waals surface area (Å²) in [5.74, 6) is -0.782. The summed E-state index contributed by atoms with van der Waals surface area (Å²) in [6.45, 7) is 6.32. The highest BCUT2D eigenvalue weighted by Crippen LogP contribution is 2.18. The van der Waals surface area contributed by atoms with Crippen LogP contribution in [0.5, 0.6) is 0 Å². The Labute approximate surface area is 186 Å². The summed E-state index contributed by atoms with van der Waals surface area (Å²) in [5, 5.41) is 5.58. The molecule has 2 aromatic rings. The van der Waals surface area contributed by atoms with Crippen LogP contribution in [0.1, 0.15) is 54.3 Å². The van der Waals surface area contributed by atoms with E-state index in [1.165, 1.54) is 24.3 Å². The predicted octanol–water partition coefficient (Wildman–Crippen LogP) is 4.21. The van der Waals surface area contributed by atoms with Crippen LogP contribution in [0.2, 0.25) is 0 Å². The lowest BCUT2D eigenvalue weighted by Gasteiger charge is -2.32. The van der Waals surface area contributed by atoms with Crippen LogP contribution >= 0.6 is 0 Å². The number of ether oxygens (including phenoxy) is 1. The van der Waals surface area contributed by atoms with Gasteiger partial charge in [-0.2, -0.15) is 0 Å². The molecule has 7 nitrogen and oxygen atoms in total. The van der Waals surface area contributed by atoms with Gasteiger partial charge in [-0.05, 0) is 76.1 Å². The van der Waals surface area contributed by atoms with Crippen LogP contribution in [0.25, 0.3) is 0 Å². The smallest absolute Gasteiger partial charge is 0.412 e. The van der Waals surface area contributed by atoms with Crippen molar-refractivity contribution in [3.8, 4) is 0 Å². The van der Waals surface area contributed by atoms with E-state index >= 15 is 0 Å². The second-order valence-electron chi connectivity index (χ2n) is 8.75. The number of rotatable bonds is 4. The summed E-state index contributed by atoms with van der Waals surface area (Å²) in [6.07, 6.45) is 0.656. The third-order valence-electron chi connectivity index (χ3n) is 4.98. The Morgan fingerprint density at radius 3 is 2.28 bits per heavy atom. The second kappa shape index (κ2) is 9.80. The third kappa shape index (κ3) is 6.54. The molecule has 0 unspecified atom stereocenters. The molecule has 8 heteroatoms. The van der Waals surface area contributed by atoms with Crippen LogP contribution < -0.4 is 10.6 Å². The van der Waals surface area contributed by atoms with E-state index in [9.17, 15) is 18.8 Å². The van der Waals surface area contributed by atoms with Crippen molar-refractivity contribution in [1.29, 1.82) is 0 Å². The molecule has 0 aliphatic carbocycles. The normalized spacial score (nSPS) is 14.6. The zero-order valence-electron chi connectivity index (χ0n) is 18.5. The molecule has 3 amide bonds. The molecule has 0 aromatic heterocycles. The highest BCUT2D eigenvalue weighted by atomic mass is 19.1.